The first-order valence-electron chi connectivity index (χ1n) is 10.6. The van der Waals surface area contributed by atoms with Crippen molar-refractivity contribution in [3.8, 4) is 5.75 Å². The van der Waals surface area contributed by atoms with Gasteiger partial charge < -0.3 is 14.5 Å². The standard InChI is InChI=1S/C24H32N2O4S/c1-17-6-11-23(14-18(17)2)30-19(3)24(27)26(22-12-13-31(28,29)16-22)15-20-7-9-21(10-8-20)25(4)5/h6-11,14,19,22H,12-13,15-16H2,1-5H3. The molecule has 2 atom stereocenters. The molecule has 0 aliphatic carbocycles. The minimum Gasteiger partial charge on any atom is -0.481 e. The Balaban J connectivity index is 1.80. The number of amides is 1. The number of carbonyl (C=O) groups excluding carboxylic acids is 1. The number of sulfone groups is 1. The van der Waals surface area contributed by atoms with Gasteiger partial charge in [-0.1, -0.05) is 18.2 Å². The predicted octanol–water partition coefficient (Wildman–Crippen LogP) is 3.35. The van der Waals surface area contributed by atoms with Crippen LogP contribution in [0.3, 0.4) is 0 Å². The number of carbonyl (C=O) groups is 1. The summed E-state index contributed by atoms with van der Waals surface area (Å²) in [6, 6.07) is 13.4. The lowest BCUT2D eigenvalue weighted by molar-refractivity contribution is -0.140. The van der Waals surface area contributed by atoms with Crippen LogP contribution in [0.15, 0.2) is 42.5 Å². The molecule has 0 N–H and O–H groups in total. The number of aryl methyl sites for hydroxylation is 2. The first kappa shape index (κ1) is 23.1. The zero-order chi connectivity index (χ0) is 22.8. The topological polar surface area (TPSA) is 66.9 Å². The average Bonchev–Trinajstić information content (AvgIpc) is 3.08. The summed E-state index contributed by atoms with van der Waals surface area (Å²) in [7, 11) is 0.824. The van der Waals surface area contributed by atoms with Gasteiger partial charge in [0, 0.05) is 32.4 Å². The van der Waals surface area contributed by atoms with E-state index < -0.39 is 15.9 Å². The molecular formula is C24H32N2O4S. The van der Waals surface area contributed by atoms with Crippen LogP contribution in [-0.4, -0.2) is 57.0 Å². The molecule has 1 aliphatic heterocycles. The van der Waals surface area contributed by atoms with Crippen molar-refractivity contribution in [2.75, 3.05) is 30.5 Å². The van der Waals surface area contributed by atoms with Crippen LogP contribution >= 0.6 is 0 Å². The van der Waals surface area contributed by atoms with Crippen LogP contribution in [0.4, 0.5) is 5.69 Å². The molecule has 2 aromatic carbocycles. The molecule has 0 radical (unpaired) electrons. The van der Waals surface area contributed by atoms with Crippen molar-refractivity contribution in [1.82, 2.24) is 4.90 Å². The number of benzene rings is 2. The maximum Gasteiger partial charge on any atom is 0.263 e. The lowest BCUT2D eigenvalue weighted by atomic mass is 10.1. The highest BCUT2D eigenvalue weighted by Crippen LogP contribution is 2.24. The second-order valence-electron chi connectivity index (χ2n) is 8.59. The van der Waals surface area contributed by atoms with Crippen LogP contribution < -0.4 is 9.64 Å². The van der Waals surface area contributed by atoms with E-state index in [2.05, 4.69) is 0 Å². The summed E-state index contributed by atoms with van der Waals surface area (Å²) in [6.45, 7) is 6.11. The molecule has 0 spiro atoms. The summed E-state index contributed by atoms with van der Waals surface area (Å²) in [5.41, 5.74) is 4.28. The number of nitrogens with zero attached hydrogens (tertiary/aromatic N) is 2. The van der Waals surface area contributed by atoms with Crippen LogP contribution in [0.2, 0.25) is 0 Å². The Labute approximate surface area is 185 Å². The quantitative estimate of drug-likeness (QED) is 0.655. The number of rotatable bonds is 7. The zero-order valence-electron chi connectivity index (χ0n) is 19.0. The highest BCUT2D eigenvalue weighted by Gasteiger charge is 2.36. The fourth-order valence-electron chi connectivity index (χ4n) is 3.78. The molecule has 0 aromatic heterocycles. The summed E-state index contributed by atoms with van der Waals surface area (Å²) in [5.74, 6) is 0.563. The molecule has 1 fully saturated rings. The minimum atomic E-state index is -3.12. The van der Waals surface area contributed by atoms with E-state index in [1.807, 2.05) is 75.3 Å². The van der Waals surface area contributed by atoms with Gasteiger partial charge >= 0.3 is 0 Å². The summed E-state index contributed by atoms with van der Waals surface area (Å²) < 4.78 is 30.1. The van der Waals surface area contributed by atoms with Crippen LogP contribution in [0.25, 0.3) is 0 Å². The Morgan fingerprint density at radius 2 is 1.77 bits per heavy atom. The number of hydrogen-bond acceptors (Lipinski definition) is 5. The van der Waals surface area contributed by atoms with Gasteiger partial charge in [0.2, 0.25) is 0 Å². The van der Waals surface area contributed by atoms with Crippen molar-refractivity contribution in [2.24, 2.45) is 0 Å². The van der Waals surface area contributed by atoms with Crippen LogP contribution in [-0.2, 0) is 21.2 Å². The summed E-state index contributed by atoms with van der Waals surface area (Å²) in [6.07, 6.45) is -0.258. The van der Waals surface area contributed by atoms with Crippen LogP contribution in [0.1, 0.15) is 30.0 Å². The van der Waals surface area contributed by atoms with Crippen LogP contribution in [0, 0.1) is 13.8 Å². The summed E-state index contributed by atoms with van der Waals surface area (Å²) in [5, 5.41) is 0. The monoisotopic (exact) mass is 444 g/mol. The van der Waals surface area contributed by atoms with Crippen molar-refractivity contribution < 1.29 is 17.9 Å². The Morgan fingerprint density at radius 1 is 1.10 bits per heavy atom. The fourth-order valence-corrected chi connectivity index (χ4v) is 5.51. The highest BCUT2D eigenvalue weighted by atomic mass is 32.2. The minimum absolute atomic E-state index is 0.00484. The molecule has 2 unspecified atom stereocenters. The average molecular weight is 445 g/mol. The van der Waals surface area contributed by atoms with E-state index in [0.29, 0.717) is 18.7 Å². The van der Waals surface area contributed by atoms with Gasteiger partial charge in [-0.2, -0.15) is 0 Å². The van der Waals surface area contributed by atoms with E-state index in [-0.39, 0.29) is 23.5 Å². The Morgan fingerprint density at radius 3 is 2.32 bits per heavy atom. The molecule has 168 valence electrons. The Bertz CT molecular complexity index is 1030. The van der Waals surface area contributed by atoms with Crippen molar-refractivity contribution >= 4 is 21.4 Å². The molecule has 6 nitrogen and oxygen atoms in total. The molecule has 1 aliphatic rings. The van der Waals surface area contributed by atoms with Gasteiger partial charge in [-0.3, -0.25) is 4.79 Å². The number of hydrogen-bond donors (Lipinski definition) is 0. The van der Waals surface area contributed by atoms with Crippen molar-refractivity contribution in [2.45, 2.75) is 45.9 Å². The van der Waals surface area contributed by atoms with E-state index in [4.69, 9.17) is 4.74 Å². The third-order valence-corrected chi connectivity index (χ3v) is 7.63. The maximum absolute atomic E-state index is 13.4. The largest absolute Gasteiger partial charge is 0.481 e. The summed E-state index contributed by atoms with van der Waals surface area (Å²) in [4.78, 5) is 17.1. The zero-order valence-corrected chi connectivity index (χ0v) is 19.8. The molecule has 7 heteroatoms. The van der Waals surface area contributed by atoms with E-state index in [0.717, 1.165) is 22.4 Å². The number of ether oxygens (including phenoxy) is 1. The molecule has 2 aromatic rings. The lowest BCUT2D eigenvalue weighted by Crippen LogP contribution is -2.46. The van der Waals surface area contributed by atoms with Gasteiger partial charge in [0.15, 0.2) is 15.9 Å². The smallest absolute Gasteiger partial charge is 0.263 e. The fraction of sp³-hybridized carbons (Fsp3) is 0.458. The molecule has 1 heterocycles. The van der Waals surface area contributed by atoms with Gasteiger partial charge in [0.1, 0.15) is 5.75 Å². The lowest BCUT2D eigenvalue weighted by Gasteiger charge is -2.31. The van der Waals surface area contributed by atoms with Crippen molar-refractivity contribution in [1.29, 1.82) is 0 Å². The Hall–Kier alpha value is -2.54. The predicted molar refractivity (Wildman–Crippen MR) is 124 cm³/mol. The van der Waals surface area contributed by atoms with Crippen LogP contribution in [0.5, 0.6) is 5.75 Å². The Kier molecular flexibility index (Phi) is 6.94. The third-order valence-electron chi connectivity index (χ3n) is 5.88. The molecule has 31 heavy (non-hydrogen) atoms. The van der Waals surface area contributed by atoms with Gasteiger partial charge in [-0.05, 0) is 68.1 Å². The van der Waals surface area contributed by atoms with E-state index in [9.17, 15) is 13.2 Å². The van der Waals surface area contributed by atoms with E-state index in [1.54, 1.807) is 11.8 Å². The van der Waals surface area contributed by atoms with E-state index >= 15 is 0 Å². The van der Waals surface area contributed by atoms with Gasteiger partial charge in [-0.25, -0.2) is 8.42 Å². The SMILES string of the molecule is Cc1ccc(OC(C)C(=O)N(Cc2ccc(N(C)C)cc2)C2CCS(=O)(=O)C2)cc1C. The molecule has 1 saturated heterocycles. The molecule has 0 saturated carbocycles. The molecule has 3 rings (SSSR count). The second kappa shape index (κ2) is 9.30. The summed E-state index contributed by atoms with van der Waals surface area (Å²) >= 11 is 0. The van der Waals surface area contributed by atoms with Gasteiger partial charge in [0.25, 0.3) is 5.91 Å². The van der Waals surface area contributed by atoms with Crippen molar-refractivity contribution in [3.63, 3.8) is 0 Å². The molecule has 1 amide bonds. The second-order valence-corrected chi connectivity index (χ2v) is 10.8. The molecule has 0 bridgehead atoms. The molecular weight excluding hydrogens is 412 g/mol. The normalized spacial score (nSPS) is 18.4. The number of anilines is 1. The maximum atomic E-state index is 13.4. The highest BCUT2D eigenvalue weighted by molar-refractivity contribution is 7.91. The van der Waals surface area contributed by atoms with Crippen molar-refractivity contribution in [3.05, 3.63) is 59.2 Å². The van der Waals surface area contributed by atoms with E-state index in [1.165, 1.54) is 0 Å². The first-order valence-corrected chi connectivity index (χ1v) is 12.4. The first-order chi connectivity index (χ1) is 14.6. The third kappa shape index (κ3) is 5.79. The van der Waals surface area contributed by atoms with Gasteiger partial charge in [-0.15, -0.1) is 0 Å². The van der Waals surface area contributed by atoms with Gasteiger partial charge in [0.05, 0.1) is 11.5 Å².